The molecule has 1 fully saturated rings. The Kier molecular flexibility index (Phi) is 5.74. The highest BCUT2D eigenvalue weighted by Gasteiger charge is 2.14. The molecule has 0 saturated heterocycles. The van der Waals surface area contributed by atoms with Gasteiger partial charge in [0.05, 0.1) is 0 Å². The number of hydrogen-bond donors (Lipinski definition) is 2. The molecule has 0 aliphatic heterocycles. The summed E-state index contributed by atoms with van der Waals surface area (Å²) in [5.41, 5.74) is 0.994. The third kappa shape index (κ3) is 5.13. The van der Waals surface area contributed by atoms with E-state index in [-0.39, 0.29) is 5.91 Å². The van der Waals surface area contributed by atoms with Crippen molar-refractivity contribution in [2.75, 3.05) is 0 Å². The first kappa shape index (κ1) is 14.7. The lowest BCUT2D eigenvalue weighted by molar-refractivity contribution is -0.115. The van der Waals surface area contributed by atoms with Crippen LogP contribution in [0.15, 0.2) is 36.4 Å². The third-order valence-corrected chi connectivity index (χ3v) is 3.62. The third-order valence-electron chi connectivity index (χ3n) is 3.40. The van der Waals surface area contributed by atoms with Crippen LogP contribution in [0.25, 0.3) is 6.08 Å². The van der Waals surface area contributed by atoms with Crippen molar-refractivity contribution in [3.63, 3.8) is 0 Å². The lowest BCUT2D eigenvalue weighted by Crippen LogP contribution is -2.44. The average molecular weight is 288 g/mol. The van der Waals surface area contributed by atoms with Crippen LogP contribution in [0.2, 0.25) is 0 Å². The molecule has 106 valence electrons. The first-order valence-electron chi connectivity index (χ1n) is 7.08. The molecule has 1 saturated carbocycles. The molecule has 0 radical (unpaired) electrons. The minimum Gasteiger partial charge on any atom is -0.360 e. The molecule has 1 aromatic rings. The fourth-order valence-electron chi connectivity index (χ4n) is 2.36. The van der Waals surface area contributed by atoms with Gasteiger partial charge in [-0.25, -0.2) is 0 Å². The molecule has 0 aromatic heterocycles. The molecule has 0 spiro atoms. The topological polar surface area (TPSA) is 41.1 Å². The molecule has 2 N–H and O–H groups in total. The van der Waals surface area contributed by atoms with Crippen LogP contribution in [0, 0.1) is 0 Å². The molecule has 1 aliphatic carbocycles. The summed E-state index contributed by atoms with van der Waals surface area (Å²) in [6, 6.07) is 10.1. The van der Waals surface area contributed by atoms with Crippen molar-refractivity contribution in [3.8, 4) is 0 Å². The molecular weight excluding hydrogens is 268 g/mol. The monoisotopic (exact) mass is 288 g/mol. The van der Waals surface area contributed by atoms with Crippen molar-refractivity contribution in [1.29, 1.82) is 0 Å². The number of rotatable bonds is 3. The molecular formula is C16H20N2OS. The van der Waals surface area contributed by atoms with Gasteiger partial charge in [0.25, 0.3) is 0 Å². The minimum absolute atomic E-state index is 0.192. The highest BCUT2D eigenvalue weighted by molar-refractivity contribution is 7.80. The van der Waals surface area contributed by atoms with E-state index < -0.39 is 0 Å². The molecule has 0 heterocycles. The van der Waals surface area contributed by atoms with Crippen LogP contribution in [-0.4, -0.2) is 17.1 Å². The Morgan fingerprint density at radius 2 is 1.85 bits per heavy atom. The van der Waals surface area contributed by atoms with E-state index in [1.807, 2.05) is 30.3 Å². The Morgan fingerprint density at radius 3 is 2.55 bits per heavy atom. The fraction of sp³-hybridized carbons (Fsp3) is 0.375. The quantitative estimate of drug-likeness (QED) is 0.663. The van der Waals surface area contributed by atoms with Crippen LogP contribution in [0.5, 0.6) is 0 Å². The number of nitrogens with one attached hydrogen (secondary N) is 2. The van der Waals surface area contributed by atoms with Gasteiger partial charge in [0.15, 0.2) is 5.11 Å². The van der Waals surface area contributed by atoms with E-state index in [1.54, 1.807) is 6.08 Å². The maximum Gasteiger partial charge on any atom is 0.250 e. The van der Waals surface area contributed by atoms with E-state index in [2.05, 4.69) is 10.6 Å². The Hall–Kier alpha value is -1.68. The number of thiocarbonyl (C=S) groups is 1. The van der Waals surface area contributed by atoms with Crippen LogP contribution in [0.3, 0.4) is 0 Å². The second-order valence-electron chi connectivity index (χ2n) is 5.04. The predicted octanol–water partition coefficient (Wildman–Crippen LogP) is 3.02. The van der Waals surface area contributed by atoms with Gasteiger partial charge in [0.1, 0.15) is 0 Å². The predicted molar refractivity (Wildman–Crippen MR) is 86.2 cm³/mol. The lowest BCUT2D eigenvalue weighted by Gasteiger charge is -2.23. The molecule has 1 aliphatic rings. The zero-order valence-electron chi connectivity index (χ0n) is 11.5. The highest BCUT2D eigenvalue weighted by atomic mass is 32.1. The first-order valence-corrected chi connectivity index (χ1v) is 7.49. The Labute approximate surface area is 125 Å². The second-order valence-corrected chi connectivity index (χ2v) is 5.45. The standard InChI is InChI=1S/C16H20N2OS/c19-15(12-11-13-7-3-1-4-8-13)18-16(20)17-14-9-5-2-6-10-14/h1,3-4,7-8,11-12,14H,2,5-6,9-10H2,(H2,17,18,19,20). The zero-order valence-corrected chi connectivity index (χ0v) is 12.3. The number of carbonyl (C=O) groups excluding carboxylic acids is 1. The Morgan fingerprint density at radius 1 is 1.15 bits per heavy atom. The molecule has 0 bridgehead atoms. The van der Waals surface area contributed by atoms with Gasteiger partial charge in [-0.2, -0.15) is 0 Å². The van der Waals surface area contributed by atoms with Crippen LogP contribution in [0.1, 0.15) is 37.7 Å². The smallest absolute Gasteiger partial charge is 0.250 e. The van der Waals surface area contributed by atoms with Gasteiger partial charge in [-0.15, -0.1) is 0 Å². The van der Waals surface area contributed by atoms with Crippen LogP contribution >= 0.6 is 12.2 Å². The number of amides is 1. The molecule has 2 rings (SSSR count). The maximum atomic E-state index is 11.7. The summed E-state index contributed by atoms with van der Waals surface area (Å²) in [5, 5.41) is 6.34. The number of hydrogen-bond acceptors (Lipinski definition) is 2. The van der Waals surface area contributed by atoms with E-state index in [0.29, 0.717) is 11.2 Å². The van der Waals surface area contributed by atoms with Crippen molar-refractivity contribution in [2.45, 2.75) is 38.1 Å². The van der Waals surface area contributed by atoms with Crippen molar-refractivity contribution >= 4 is 29.3 Å². The summed E-state index contributed by atoms with van der Waals surface area (Å²) in [5.74, 6) is -0.192. The van der Waals surface area contributed by atoms with Crippen LogP contribution < -0.4 is 10.6 Å². The highest BCUT2D eigenvalue weighted by Crippen LogP contribution is 2.17. The van der Waals surface area contributed by atoms with Gasteiger partial charge in [-0.3, -0.25) is 10.1 Å². The largest absolute Gasteiger partial charge is 0.360 e. The summed E-state index contributed by atoms with van der Waals surface area (Å²) in [4.78, 5) is 11.7. The normalized spacial score (nSPS) is 16.0. The first-order chi connectivity index (χ1) is 9.74. The van der Waals surface area contributed by atoms with Gasteiger partial charge < -0.3 is 5.32 Å². The van der Waals surface area contributed by atoms with E-state index >= 15 is 0 Å². The van der Waals surface area contributed by atoms with Gasteiger partial charge in [0.2, 0.25) is 5.91 Å². The van der Waals surface area contributed by atoms with Crippen molar-refractivity contribution < 1.29 is 4.79 Å². The summed E-state index contributed by atoms with van der Waals surface area (Å²) >= 11 is 5.17. The zero-order chi connectivity index (χ0) is 14.2. The van der Waals surface area contributed by atoms with E-state index in [1.165, 1.54) is 25.3 Å². The van der Waals surface area contributed by atoms with E-state index in [9.17, 15) is 4.79 Å². The molecule has 1 aromatic carbocycles. The van der Waals surface area contributed by atoms with Crippen molar-refractivity contribution in [2.24, 2.45) is 0 Å². The SMILES string of the molecule is O=C(C=Cc1ccccc1)NC(=S)NC1CCCCC1. The molecule has 0 atom stereocenters. The van der Waals surface area contributed by atoms with E-state index in [0.717, 1.165) is 18.4 Å². The molecule has 1 amide bonds. The summed E-state index contributed by atoms with van der Waals surface area (Å²) in [6.45, 7) is 0. The van der Waals surface area contributed by atoms with Crippen LogP contribution in [-0.2, 0) is 4.79 Å². The van der Waals surface area contributed by atoms with E-state index in [4.69, 9.17) is 12.2 Å². The molecule has 20 heavy (non-hydrogen) atoms. The number of carbonyl (C=O) groups is 1. The average Bonchev–Trinajstić information content (AvgIpc) is 2.47. The Balaban J connectivity index is 1.76. The van der Waals surface area contributed by atoms with Gasteiger partial charge >= 0.3 is 0 Å². The maximum absolute atomic E-state index is 11.7. The summed E-state index contributed by atoms with van der Waals surface area (Å²) < 4.78 is 0. The number of benzene rings is 1. The minimum atomic E-state index is -0.192. The van der Waals surface area contributed by atoms with Crippen LogP contribution in [0.4, 0.5) is 0 Å². The molecule has 3 nitrogen and oxygen atoms in total. The second kappa shape index (κ2) is 7.80. The van der Waals surface area contributed by atoms with Crippen molar-refractivity contribution in [1.82, 2.24) is 10.6 Å². The van der Waals surface area contributed by atoms with Crippen molar-refractivity contribution in [3.05, 3.63) is 42.0 Å². The summed E-state index contributed by atoms with van der Waals surface area (Å²) in [7, 11) is 0. The van der Waals surface area contributed by atoms with Gasteiger partial charge in [-0.1, -0.05) is 49.6 Å². The summed E-state index contributed by atoms with van der Waals surface area (Å²) in [6.07, 6.45) is 9.33. The molecule has 4 heteroatoms. The van der Waals surface area contributed by atoms with Gasteiger partial charge in [0, 0.05) is 12.1 Å². The fourth-order valence-corrected chi connectivity index (χ4v) is 2.63. The molecule has 0 unspecified atom stereocenters. The lowest BCUT2D eigenvalue weighted by atomic mass is 9.96. The Bertz CT molecular complexity index is 479. The van der Waals surface area contributed by atoms with Gasteiger partial charge in [-0.05, 0) is 36.7 Å².